The molecular weight excluding hydrogens is 368 g/mol. The number of hydrogen-bond acceptors (Lipinski definition) is 5. The molecule has 1 atom stereocenters. The number of carboxylic acids is 1. The molecule has 0 spiro atoms. The lowest BCUT2D eigenvalue weighted by molar-refractivity contribution is -0.140. The Morgan fingerprint density at radius 3 is 1.92 bits per heavy atom. The van der Waals surface area contributed by atoms with Crippen molar-refractivity contribution in [2.75, 3.05) is 19.6 Å². The van der Waals surface area contributed by atoms with E-state index in [4.69, 9.17) is 0 Å². The zero-order valence-electron chi connectivity index (χ0n) is 13.5. The third-order valence-electron chi connectivity index (χ3n) is 4.62. The van der Waals surface area contributed by atoms with Gasteiger partial charge in [0.2, 0.25) is 20.0 Å². The van der Waals surface area contributed by atoms with E-state index < -0.39 is 32.1 Å². The van der Waals surface area contributed by atoms with Gasteiger partial charge >= 0.3 is 5.97 Å². The zero-order chi connectivity index (χ0) is 18.2. The van der Waals surface area contributed by atoms with Crippen molar-refractivity contribution < 1.29 is 26.7 Å². The van der Waals surface area contributed by atoms with Gasteiger partial charge in [0, 0.05) is 19.6 Å². The molecule has 0 aliphatic carbocycles. The van der Waals surface area contributed by atoms with Crippen LogP contribution in [-0.2, 0) is 24.8 Å². The third-order valence-corrected chi connectivity index (χ3v) is 8.46. The minimum atomic E-state index is -3.97. The lowest BCUT2D eigenvalue weighted by Gasteiger charge is -2.21. The van der Waals surface area contributed by atoms with Gasteiger partial charge in [0.1, 0.15) is 6.04 Å². The van der Waals surface area contributed by atoms with Crippen LogP contribution >= 0.6 is 0 Å². The summed E-state index contributed by atoms with van der Waals surface area (Å²) in [7, 11) is -7.58. The maximum Gasteiger partial charge on any atom is 0.322 e. The molecule has 3 rings (SSSR count). The van der Waals surface area contributed by atoms with Crippen molar-refractivity contribution in [3.05, 3.63) is 24.3 Å². The van der Waals surface area contributed by atoms with Gasteiger partial charge in [0.05, 0.1) is 9.79 Å². The summed E-state index contributed by atoms with van der Waals surface area (Å²) >= 11 is 0. The fraction of sp³-hybridized carbons (Fsp3) is 0.533. The van der Waals surface area contributed by atoms with Crippen molar-refractivity contribution >= 4 is 26.0 Å². The van der Waals surface area contributed by atoms with Gasteiger partial charge in [-0.3, -0.25) is 4.79 Å². The van der Waals surface area contributed by atoms with Crippen LogP contribution < -0.4 is 0 Å². The molecule has 1 aromatic rings. The summed E-state index contributed by atoms with van der Waals surface area (Å²) in [6, 6.07) is 3.93. The topological polar surface area (TPSA) is 112 Å². The van der Waals surface area contributed by atoms with E-state index in [0.29, 0.717) is 19.5 Å². The molecule has 25 heavy (non-hydrogen) atoms. The largest absolute Gasteiger partial charge is 0.480 e. The minimum Gasteiger partial charge on any atom is -0.480 e. The normalized spacial score (nSPS) is 23.1. The highest BCUT2D eigenvalue weighted by atomic mass is 32.2. The van der Waals surface area contributed by atoms with Gasteiger partial charge < -0.3 is 5.11 Å². The van der Waals surface area contributed by atoms with Crippen molar-refractivity contribution in [1.82, 2.24) is 8.61 Å². The second-order valence-corrected chi connectivity index (χ2v) is 10.0. The quantitative estimate of drug-likeness (QED) is 0.795. The summed E-state index contributed by atoms with van der Waals surface area (Å²) in [6.45, 7) is 1.08. The predicted octanol–water partition coefficient (Wildman–Crippen LogP) is 0.709. The Hall–Kier alpha value is -1.49. The van der Waals surface area contributed by atoms with Crippen molar-refractivity contribution in [2.24, 2.45) is 0 Å². The summed E-state index contributed by atoms with van der Waals surface area (Å²) in [5.74, 6) is -1.17. The lowest BCUT2D eigenvalue weighted by Crippen LogP contribution is -2.40. The van der Waals surface area contributed by atoms with E-state index in [9.17, 15) is 26.7 Å². The maximum absolute atomic E-state index is 12.7. The molecule has 1 aromatic carbocycles. The molecule has 0 unspecified atom stereocenters. The van der Waals surface area contributed by atoms with Crippen LogP contribution in [0, 0.1) is 0 Å². The van der Waals surface area contributed by atoms with Gasteiger partial charge in [0.25, 0.3) is 0 Å². The zero-order valence-corrected chi connectivity index (χ0v) is 15.2. The molecular formula is C15H20N2O6S2. The number of carbonyl (C=O) groups is 1. The molecule has 8 nitrogen and oxygen atoms in total. The van der Waals surface area contributed by atoms with Crippen LogP contribution in [0.5, 0.6) is 0 Å². The first-order valence-corrected chi connectivity index (χ1v) is 11.0. The first kappa shape index (κ1) is 18.3. The Kier molecular flexibility index (Phi) is 4.89. The van der Waals surface area contributed by atoms with Crippen LogP contribution in [0.15, 0.2) is 34.1 Å². The fourth-order valence-electron chi connectivity index (χ4n) is 3.27. The summed E-state index contributed by atoms with van der Waals surface area (Å²) in [5.41, 5.74) is 0. The van der Waals surface area contributed by atoms with E-state index in [-0.39, 0.29) is 22.8 Å². The molecule has 0 amide bonds. The monoisotopic (exact) mass is 388 g/mol. The number of hydrogen-bond donors (Lipinski definition) is 1. The maximum atomic E-state index is 12.7. The number of rotatable bonds is 5. The molecule has 10 heteroatoms. The van der Waals surface area contributed by atoms with E-state index in [1.807, 2.05) is 0 Å². The van der Waals surface area contributed by atoms with Gasteiger partial charge in [-0.25, -0.2) is 16.8 Å². The number of sulfonamides is 2. The number of benzene rings is 1. The van der Waals surface area contributed by atoms with Crippen LogP contribution in [-0.4, -0.2) is 62.2 Å². The predicted molar refractivity (Wildman–Crippen MR) is 89.0 cm³/mol. The summed E-state index contributed by atoms with van der Waals surface area (Å²) < 4.78 is 52.7. The third kappa shape index (κ3) is 3.31. The molecule has 138 valence electrons. The highest BCUT2D eigenvalue weighted by Gasteiger charge is 2.39. The summed E-state index contributed by atoms with van der Waals surface area (Å²) in [6.07, 6.45) is 2.39. The smallest absolute Gasteiger partial charge is 0.322 e. The molecule has 2 fully saturated rings. The van der Waals surface area contributed by atoms with Crippen LogP contribution in [0.1, 0.15) is 25.7 Å². The average Bonchev–Trinajstić information content (AvgIpc) is 3.26. The Balaban J connectivity index is 1.88. The van der Waals surface area contributed by atoms with E-state index >= 15 is 0 Å². The van der Waals surface area contributed by atoms with Gasteiger partial charge in [-0.05, 0) is 49.9 Å². The van der Waals surface area contributed by atoms with Crippen molar-refractivity contribution in [3.8, 4) is 0 Å². The molecule has 0 saturated carbocycles. The van der Waals surface area contributed by atoms with E-state index in [1.165, 1.54) is 28.6 Å². The highest BCUT2D eigenvalue weighted by Crippen LogP contribution is 2.28. The Morgan fingerprint density at radius 1 is 0.880 bits per heavy atom. The van der Waals surface area contributed by atoms with Crippen molar-refractivity contribution in [2.45, 2.75) is 41.5 Å². The van der Waals surface area contributed by atoms with Crippen LogP contribution in [0.25, 0.3) is 0 Å². The Morgan fingerprint density at radius 2 is 1.40 bits per heavy atom. The van der Waals surface area contributed by atoms with E-state index in [1.54, 1.807) is 0 Å². The van der Waals surface area contributed by atoms with Gasteiger partial charge in [0.15, 0.2) is 0 Å². The molecule has 2 saturated heterocycles. The summed E-state index contributed by atoms with van der Waals surface area (Å²) in [4.78, 5) is 11.2. The number of carboxylic acid groups (broad SMARTS) is 1. The number of nitrogens with zero attached hydrogens (tertiary/aromatic N) is 2. The Bertz CT molecular complexity index is 858. The second-order valence-electron chi connectivity index (χ2n) is 6.19. The molecule has 0 bridgehead atoms. The highest BCUT2D eigenvalue weighted by molar-refractivity contribution is 7.89. The minimum absolute atomic E-state index is 0.0459. The fourth-order valence-corrected chi connectivity index (χ4v) is 6.44. The van der Waals surface area contributed by atoms with Gasteiger partial charge in [-0.15, -0.1) is 0 Å². The lowest BCUT2D eigenvalue weighted by atomic mass is 10.2. The summed E-state index contributed by atoms with van der Waals surface area (Å²) in [5, 5.41) is 9.18. The molecule has 2 aliphatic rings. The standard InChI is InChI=1S/C15H20N2O6S2/c18-15(19)14-4-3-11-17(14)25(22,23)13-7-5-12(6-8-13)24(20,21)16-9-1-2-10-16/h5-8,14H,1-4,9-11H2,(H,18,19)/t14-/m1/s1. The second kappa shape index (κ2) is 6.67. The van der Waals surface area contributed by atoms with Crippen molar-refractivity contribution in [3.63, 3.8) is 0 Å². The molecule has 1 N–H and O–H groups in total. The van der Waals surface area contributed by atoms with Crippen LogP contribution in [0.4, 0.5) is 0 Å². The molecule has 0 aromatic heterocycles. The molecule has 0 radical (unpaired) electrons. The number of aliphatic carboxylic acids is 1. The SMILES string of the molecule is O=C(O)[C@H]1CCCN1S(=O)(=O)c1ccc(S(=O)(=O)N2CCCC2)cc1. The molecule has 2 aliphatic heterocycles. The Labute approximate surface area is 147 Å². The van der Waals surface area contributed by atoms with Gasteiger partial charge in [-0.1, -0.05) is 0 Å². The first-order chi connectivity index (χ1) is 11.7. The van der Waals surface area contributed by atoms with Crippen LogP contribution in [0.3, 0.4) is 0 Å². The van der Waals surface area contributed by atoms with Gasteiger partial charge in [-0.2, -0.15) is 8.61 Å². The van der Waals surface area contributed by atoms with Crippen LogP contribution in [0.2, 0.25) is 0 Å². The average molecular weight is 388 g/mol. The van der Waals surface area contributed by atoms with Crippen molar-refractivity contribution in [1.29, 1.82) is 0 Å². The molecule has 2 heterocycles. The van der Waals surface area contributed by atoms with E-state index in [2.05, 4.69) is 0 Å². The first-order valence-electron chi connectivity index (χ1n) is 8.09. The van der Waals surface area contributed by atoms with E-state index in [0.717, 1.165) is 17.1 Å².